The van der Waals surface area contributed by atoms with E-state index < -0.39 is 0 Å². The summed E-state index contributed by atoms with van der Waals surface area (Å²) in [6.07, 6.45) is 6.82. The van der Waals surface area contributed by atoms with Crippen molar-refractivity contribution in [1.29, 1.82) is 0 Å². The van der Waals surface area contributed by atoms with Crippen LogP contribution in [0.2, 0.25) is 0 Å². The summed E-state index contributed by atoms with van der Waals surface area (Å²) in [6.45, 7) is 12.3. The highest BCUT2D eigenvalue weighted by atomic mass is 15.0. The molecule has 1 fully saturated rings. The predicted octanol–water partition coefficient (Wildman–Crippen LogP) is 3.32. The lowest BCUT2D eigenvalue weighted by Gasteiger charge is -2.24. The Balaban J connectivity index is 2.24. The molecule has 0 atom stereocenters. The van der Waals surface area contributed by atoms with E-state index in [2.05, 4.69) is 32.1 Å². The van der Waals surface area contributed by atoms with E-state index >= 15 is 0 Å². The molecule has 1 nitrogen and oxygen atoms in total. The average Bonchev–Trinajstić information content (AvgIpc) is 2.15. The van der Waals surface area contributed by atoms with E-state index in [9.17, 15) is 0 Å². The van der Waals surface area contributed by atoms with Crippen LogP contribution in [0.5, 0.6) is 0 Å². The van der Waals surface area contributed by atoms with E-state index in [4.69, 9.17) is 0 Å². The molecule has 1 heteroatoms. The molecule has 1 saturated carbocycles. The van der Waals surface area contributed by atoms with Gasteiger partial charge in [-0.15, -0.1) is 0 Å². The van der Waals surface area contributed by atoms with Gasteiger partial charge in [-0.1, -0.05) is 20.8 Å². The molecule has 0 aliphatic heterocycles. The lowest BCUT2D eigenvalue weighted by molar-refractivity contribution is -0.563. The molecule has 0 aromatic rings. The molecule has 0 amide bonds. The Bertz CT molecular complexity index is 176. The average molecular weight is 196 g/mol. The SMILES string of the molecule is C=[N+](CCC(C)C)C1CCC(C)CC1. The fourth-order valence-electron chi connectivity index (χ4n) is 2.21. The van der Waals surface area contributed by atoms with E-state index in [-0.39, 0.29) is 0 Å². The molecule has 0 saturated heterocycles. The summed E-state index contributed by atoms with van der Waals surface area (Å²) >= 11 is 0. The fourth-order valence-corrected chi connectivity index (χ4v) is 2.21. The highest BCUT2D eigenvalue weighted by Crippen LogP contribution is 2.25. The number of nitrogens with zero attached hydrogens (tertiary/aromatic N) is 1. The van der Waals surface area contributed by atoms with Crippen LogP contribution in [0.15, 0.2) is 0 Å². The molecule has 0 radical (unpaired) electrons. The molecular weight excluding hydrogens is 170 g/mol. The first-order valence-electron chi connectivity index (χ1n) is 6.16. The van der Waals surface area contributed by atoms with Crippen LogP contribution in [0.25, 0.3) is 0 Å². The van der Waals surface area contributed by atoms with Crippen molar-refractivity contribution in [2.45, 2.75) is 58.9 Å². The third-order valence-corrected chi connectivity index (χ3v) is 3.50. The van der Waals surface area contributed by atoms with Gasteiger partial charge in [0, 0.05) is 19.3 Å². The Morgan fingerprint density at radius 2 is 1.79 bits per heavy atom. The number of hydrogen-bond acceptors (Lipinski definition) is 0. The van der Waals surface area contributed by atoms with Crippen molar-refractivity contribution < 1.29 is 4.58 Å². The smallest absolute Gasteiger partial charge is 0.152 e. The Kier molecular flexibility index (Phi) is 4.64. The summed E-state index contributed by atoms with van der Waals surface area (Å²) in [6, 6.07) is 0.768. The van der Waals surface area contributed by atoms with Gasteiger partial charge in [0.1, 0.15) is 13.3 Å². The normalized spacial score (nSPS) is 28.0. The van der Waals surface area contributed by atoms with Crippen LogP contribution in [0, 0.1) is 11.8 Å². The molecular formula is C13H26N+. The highest BCUT2D eigenvalue weighted by molar-refractivity contribution is 5.14. The molecule has 1 rings (SSSR count). The van der Waals surface area contributed by atoms with Gasteiger partial charge in [-0.05, 0) is 24.7 Å². The van der Waals surface area contributed by atoms with Gasteiger partial charge in [-0.2, -0.15) is 0 Å². The Morgan fingerprint density at radius 1 is 1.21 bits per heavy atom. The van der Waals surface area contributed by atoms with E-state index in [1.807, 2.05) is 0 Å². The van der Waals surface area contributed by atoms with Crippen molar-refractivity contribution in [2.24, 2.45) is 11.8 Å². The molecule has 14 heavy (non-hydrogen) atoms. The lowest BCUT2D eigenvalue weighted by Crippen LogP contribution is -2.30. The number of rotatable bonds is 4. The van der Waals surface area contributed by atoms with E-state index in [1.165, 1.54) is 38.6 Å². The topological polar surface area (TPSA) is 3.01 Å². The van der Waals surface area contributed by atoms with Gasteiger partial charge in [-0.25, -0.2) is 4.58 Å². The van der Waals surface area contributed by atoms with Crippen LogP contribution in [0.4, 0.5) is 0 Å². The first-order valence-corrected chi connectivity index (χ1v) is 6.16. The monoisotopic (exact) mass is 196 g/mol. The van der Waals surface area contributed by atoms with E-state index in [0.717, 1.165) is 17.9 Å². The molecule has 1 aliphatic carbocycles. The summed E-state index contributed by atoms with van der Waals surface area (Å²) in [5.41, 5.74) is 0. The zero-order chi connectivity index (χ0) is 10.6. The zero-order valence-corrected chi connectivity index (χ0v) is 10.1. The van der Waals surface area contributed by atoms with Gasteiger partial charge < -0.3 is 0 Å². The lowest BCUT2D eigenvalue weighted by atomic mass is 9.87. The summed E-state index contributed by atoms with van der Waals surface area (Å²) in [7, 11) is 0. The van der Waals surface area contributed by atoms with Gasteiger partial charge in [-0.3, -0.25) is 0 Å². The quantitative estimate of drug-likeness (QED) is 0.479. The van der Waals surface area contributed by atoms with Crippen molar-refractivity contribution in [1.82, 2.24) is 0 Å². The minimum absolute atomic E-state index is 0.768. The van der Waals surface area contributed by atoms with Crippen LogP contribution in [0.1, 0.15) is 52.9 Å². The molecule has 0 heterocycles. The summed E-state index contributed by atoms with van der Waals surface area (Å²) in [5.74, 6) is 1.76. The molecule has 0 aromatic heterocycles. The minimum Gasteiger partial charge on any atom is -0.240 e. The third kappa shape index (κ3) is 3.81. The molecule has 0 bridgehead atoms. The summed E-state index contributed by atoms with van der Waals surface area (Å²) < 4.78 is 2.34. The molecule has 1 aliphatic rings. The first kappa shape index (κ1) is 11.7. The fraction of sp³-hybridized carbons (Fsp3) is 0.923. The number of hydrogen-bond donors (Lipinski definition) is 0. The summed E-state index contributed by atoms with van der Waals surface area (Å²) in [4.78, 5) is 0. The van der Waals surface area contributed by atoms with Gasteiger partial charge in [0.05, 0.1) is 0 Å². The van der Waals surface area contributed by atoms with Crippen molar-refractivity contribution >= 4 is 6.72 Å². The highest BCUT2D eigenvalue weighted by Gasteiger charge is 2.24. The van der Waals surface area contributed by atoms with Crippen LogP contribution in [-0.4, -0.2) is 23.9 Å². The third-order valence-electron chi connectivity index (χ3n) is 3.50. The first-order chi connectivity index (χ1) is 6.59. The largest absolute Gasteiger partial charge is 0.240 e. The van der Waals surface area contributed by atoms with Crippen LogP contribution < -0.4 is 0 Å². The minimum atomic E-state index is 0.768. The Morgan fingerprint density at radius 3 is 2.29 bits per heavy atom. The van der Waals surface area contributed by atoms with Crippen LogP contribution in [-0.2, 0) is 0 Å². The maximum absolute atomic E-state index is 4.19. The van der Waals surface area contributed by atoms with Crippen molar-refractivity contribution in [3.8, 4) is 0 Å². The zero-order valence-electron chi connectivity index (χ0n) is 10.1. The second-order valence-corrected chi connectivity index (χ2v) is 5.41. The van der Waals surface area contributed by atoms with Gasteiger partial charge >= 0.3 is 0 Å². The van der Waals surface area contributed by atoms with E-state index in [0.29, 0.717) is 0 Å². The van der Waals surface area contributed by atoms with Crippen molar-refractivity contribution in [3.63, 3.8) is 0 Å². The Hall–Kier alpha value is -0.330. The maximum atomic E-state index is 4.19. The Labute approximate surface area is 89.2 Å². The second kappa shape index (κ2) is 5.53. The van der Waals surface area contributed by atoms with E-state index in [1.54, 1.807) is 0 Å². The molecule has 0 N–H and O–H groups in total. The standard InChI is InChI=1S/C13H26N/c1-11(2)9-10-14(4)13-7-5-12(3)6-8-13/h11-13H,4-10H2,1-3H3/q+1. The maximum Gasteiger partial charge on any atom is 0.152 e. The second-order valence-electron chi connectivity index (χ2n) is 5.41. The molecule has 0 unspecified atom stereocenters. The van der Waals surface area contributed by atoms with Gasteiger partial charge in [0.25, 0.3) is 0 Å². The van der Waals surface area contributed by atoms with Gasteiger partial charge in [0.15, 0.2) is 6.04 Å². The molecule has 0 spiro atoms. The van der Waals surface area contributed by atoms with Crippen molar-refractivity contribution in [2.75, 3.05) is 6.54 Å². The molecule has 82 valence electrons. The van der Waals surface area contributed by atoms with Crippen molar-refractivity contribution in [3.05, 3.63) is 0 Å². The van der Waals surface area contributed by atoms with Crippen LogP contribution in [0.3, 0.4) is 0 Å². The predicted molar refractivity (Wildman–Crippen MR) is 63.1 cm³/mol. The van der Waals surface area contributed by atoms with Crippen LogP contribution >= 0.6 is 0 Å². The summed E-state index contributed by atoms with van der Waals surface area (Å²) in [5, 5.41) is 0. The molecule has 0 aromatic carbocycles. The van der Waals surface area contributed by atoms with Gasteiger partial charge in [0.2, 0.25) is 0 Å².